The largest absolute Gasteiger partial charge is 0.469 e. The first kappa shape index (κ1) is 12.2. The molecule has 0 atom stereocenters. The van der Waals surface area contributed by atoms with Gasteiger partial charge < -0.3 is 15.4 Å². The number of nitrogens with zero attached hydrogens (tertiary/aromatic N) is 3. The molecule has 0 aliphatic carbocycles. The molecule has 1 heterocycles. The molecular weight excluding hydrogens is 208 g/mol. The van der Waals surface area contributed by atoms with E-state index in [1.54, 1.807) is 6.20 Å². The summed E-state index contributed by atoms with van der Waals surface area (Å²) in [6, 6.07) is 0. The van der Waals surface area contributed by atoms with Crippen molar-refractivity contribution in [3.8, 4) is 0 Å². The van der Waals surface area contributed by atoms with Crippen LogP contribution in [0.25, 0.3) is 0 Å². The minimum absolute atomic E-state index is 0.197. The van der Waals surface area contributed by atoms with Crippen molar-refractivity contribution in [3.63, 3.8) is 0 Å². The maximum absolute atomic E-state index is 10.9. The third-order valence-corrected chi connectivity index (χ3v) is 2.15. The molecule has 88 valence electrons. The van der Waals surface area contributed by atoms with Crippen LogP contribution in [0.5, 0.6) is 0 Å². The summed E-state index contributed by atoms with van der Waals surface area (Å²) in [5.41, 5.74) is 5.43. The topological polar surface area (TPSA) is 81.3 Å². The van der Waals surface area contributed by atoms with E-state index in [-0.39, 0.29) is 5.97 Å². The molecule has 0 aliphatic rings. The SMILES string of the molecule is COC(=O)CCCN(C)c1cnc(N)cn1. The van der Waals surface area contributed by atoms with Crippen LogP contribution in [0.1, 0.15) is 12.8 Å². The number of methoxy groups -OCH3 is 1. The summed E-state index contributed by atoms with van der Waals surface area (Å²) in [5, 5.41) is 0. The van der Waals surface area contributed by atoms with E-state index in [1.807, 2.05) is 11.9 Å². The van der Waals surface area contributed by atoms with Crippen molar-refractivity contribution in [2.75, 3.05) is 31.3 Å². The first-order chi connectivity index (χ1) is 7.63. The van der Waals surface area contributed by atoms with Crippen LogP contribution in [-0.2, 0) is 9.53 Å². The molecule has 0 aliphatic heterocycles. The Morgan fingerprint density at radius 2 is 2.25 bits per heavy atom. The number of aromatic nitrogens is 2. The van der Waals surface area contributed by atoms with Gasteiger partial charge in [-0.3, -0.25) is 4.79 Å². The van der Waals surface area contributed by atoms with Crippen molar-refractivity contribution in [3.05, 3.63) is 12.4 Å². The molecule has 6 heteroatoms. The fourth-order valence-electron chi connectivity index (χ4n) is 1.21. The highest BCUT2D eigenvalue weighted by Crippen LogP contribution is 2.08. The Morgan fingerprint density at radius 3 is 2.81 bits per heavy atom. The fourth-order valence-corrected chi connectivity index (χ4v) is 1.21. The standard InChI is InChI=1S/C10H16N4O2/c1-14(5-3-4-10(15)16-2)9-7-12-8(11)6-13-9/h6-7H,3-5H2,1-2H3,(H2,11,12). The molecule has 1 rings (SSSR count). The van der Waals surface area contributed by atoms with Crippen LogP contribution in [0.4, 0.5) is 11.6 Å². The molecule has 0 saturated heterocycles. The minimum Gasteiger partial charge on any atom is -0.469 e. The quantitative estimate of drug-likeness (QED) is 0.731. The number of carbonyl (C=O) groups is 1. The van der Waals surface area contributed by atoms with Crippen molar-refractivity contribution in [2.45, 2.75) is 12.8 Å². The van der Waals surface area contributed by atoms with Gasteiger partial charge in [0.05, 0.1) is 19.5 Å². The van der Waals surface area contributed by atoms with Gasteiger partial charge in [-0.15, -0.1) is 0 Å². The summed E-state index contributed by atoms with van der Waals surface area (Å²) in [6.45, 7) is 0.716. The molecular formula is C10H16N4O2. The van der Waals surface area contributed by atoms with E-state index in [4.69, 9.17) is 5.73 Å². The average molecular weight is 224 g/mol. The predicted molar refractivity (Wildman–Crippen MR) is 61.0 cm³/mol. The zero-order valence-corrected chi connectivity index (χ0v) is 9.51. The Balaban J connectivity index is 2.37. The smallest absolute Gasteiger partial charge is 0.305 e. The molecule has 0 unspecified atom stereocenters. The van der Waals surface area contributed by atoms with Crippen molar-refractivity contribution in [1.82, 2.24) is 9.97 Å². The number of esters is 1. The fraction of sp³-hybridized carbons (Fsp3) is 0.500. The van der Waals surface area contributed by atoms with Crippen LogP contribution in [0.3, 0.4) is 0 Å². The third-order valence-electron chi connectivity index (χ3n) is 2.15. The number of nitrogens with two attached hydrogens (primary N) is 1. The predicted octanol–water partition coefficient (Wildman–Crippen LogP) is 0.448. The van der Waals surface area contributed by atoms with Crippen LogP contribution < -0.4 is 10.6 Å². The molecule has 0 bridgehead atoms. The molecule has 0 radical (unpaired) electrons. The summed E-state index contributed by atoms with van der Waals surface area (Å²) < 4.78 is 4.55. The van der Waals surface area contributed by atoms with E-state index in [9.17, 15) is 4.79 Å². The van der Waals surface area contributed by atoms with Crippen molar-refractivity contribution in [2.24, 2.45) is 0 Å². The molecule has 6 nitrogen and oxygen atoms in total. The van der Waals surface area contributed by atoms with Crippen molar-refractivity contribution >= 4 is 17.6 Å². The van der Waals surface area contributed by atoms with Gasteiger partial charge in [0.2, 0.25) is 0 Å². The van der Waals surface area contributed by atoms with Crippen LogP contribution >= 0.6 is 0 Å². The van der Waals surface area contributed by atoms with E-state index < -0.39 is 0 Å². The Hall–Kier alpha value is -1.85. The average Bonchev–Trinajstić information content (AvgIpc) is 2.29. The van der Waals surface area contributed by atoms with Gasteiger partial charge in [0.1, 0.15) is 11.6 Å². The Kier molecular flexibility index (Phi) is 4.50. The Bertz CT molecular complexity index is 339. The second-order valence-corrected chi connectivity index (χ2v) is 3.40. The maximum atomic E-state index is 10.9. The highest BCUT2D eigenvalue weighted by atomic mass is 16.5. The summed E-state index contributed by atoms with van der Waals surface area (Å²) in [7, 11) is 3.27. The monoisotopic (exact) mass is 224 g/mol. The van der Waals surface area contributed by atoms with Crippen LogP contribution in [0.2, 0.25) is 0 Å². The van der Waals surface area contributed by atoms with Crippen LogP contribution in [0.15, 0.2) is 12.4 Å². The highest BCUT2D eigenvalue weighted by molar-refractivity contribution is 5.69. The van der Waals surface area contributed by atoms with Gasteiger partial charge >= 0.3 is 5.97 Å². The summed E-state index contributed by atoms with van der Waals surface area (Å²) in [5.74, 6) is 0.933. The van der Waals surface area contributed by atoms with Gasteiger partial charge in [-0.1, -0.05) is 0 Å². The number of hydrogen-bond acceptors (Lipinski definition) is 6. The lowest BCUT2D eigenvalue weighted by Crippen LogP contribution is -2.20. The second kappa shape index (κ2) is 5.89. The summed E-state index contributed by atoms with van der Waals surface area (Å²) >= 11 is 0. The summed E-state index contributed by atoms with van der Waals surface area (Å²) in [4.78, 5) is 20.9. The lowest BCUT2D eigenvalue weighted by Gasteiger charge is -2.16. The second-order valence-electron chi connectivity index (χ2n) is 3.40. The van der Waals surface area contributed by atoms with E-state index in [0.29, 0.717) is 18.8 Å². The van der Waals surface area contributed by atoms with E-state index >= 15 is 0 Å². The number of rotatable bonds is 5. The Labute approximate surface area is 94.4 Å². The number of carbonyl (C=O) groups excluding carboxylic acids is 1. The number of ether oxygens (including phenoxy) is 1. The first-order valence-corrected chi connectivity index (χ1v) is 4.99. The molecule has 2 N–H and O–H groups in total. The van der Waals surface area contributed by atoms with Gasteiger partial charge in [0, 0.05) is 20.0 Å². The zero-order valence-electron chi connectivity index (χ0n) is 9.51. The lowest BCUT2D eigenvalue weighted by atomic mass is 10.3. The molecule has 16 heavy (non-hydrogen) atoms. The summed E-state index contributed by atoms with van der Waals surface area (Å²) in [6.07, 6.45) is 4.23. The third kappa shape index (κ3) is 3.72. The van der Waals surface area contributed by atoms with Gasteiger partial charge in [0.25, 0.3) is 0 Å². The maximum Gasteiger partial charge on any atom is 0.305 e. The zero-order chi connectivity index (χ0) is 12.0. The van der Waals surface area contributed by atoms with E-state index in [1.165, 1.54) is 13.3 Å². The number of anilines is 2. The molecule has 0 saturated carbocycles. The Morgan fingerprint density at radius 1 is 1.50 bits per heavy atom. The van der Waals surface area contributed by atoms with Gasteiger partial charge in [-0.05, 0) is 6.42 Å². The number of hydrogen-bond donors (Lipinski definition) is 1. The lowest BCUT2D eigenvalue weighted by molar-refractivity contribution is -0.140. The van der Waals surface area contributed by atoms with Crippen LogP contribution in [0, 0.1) is 0 Å². The molecule has 0 fully saturated rings. The molecule has 0 spiro atoms. The van der Waals surface area contributed by atoms with E-state index in [2.05, 4.69) is 14.7 Å². The number of nitrogen functional groups attached to an aromatic ring is 1. The highest BCUT2D eigenvalue weighted by Gasteiger charge is 2.05. The van der Waals surface area contributed by atoms with Gasteiger partial charge in [0.15, 0.2) is 0 Å². The molecule has 0 aromatic carbocycles. The molecule has 1 aromatic rings. The minimum atomic E-state index is -0.197. The molecule has 0 amide bonds. The van der Waals surface area contributed by atoms with Crippen molar-refractivity contribution in [1.29, 1.82) is 0 Å². The van der Waals surface area contributed by atoms with Crippen LogP contribution in [-0.4, -0.2) is 36.6 Å². The van der Waals surface area contributed by atoms with Crippen molar-refractivity contribution < 1.29 is 9.53 Å². The van der Waals surface area contributed by atoms with Gasteiger partial charge in [-0.2, -0.15) is 0 Å². The van der Waals surface area contributed by atoms with E-state index in [0.717, 1.165) is 12.2 Å². The first-order valence-electron chi connectivity index (χ1n) is 4.99. The van der Waals surface area contributed by atoms with Gasteiger partial charge in [-0.25, -0.2) is 9.97 Å². The normalized spacial score (nSPS) is 9.88. The molecule has 1 aromatic heterocycles.